The molecule has 1 N–H and O–H groups in total. The molecule has 0 aromatic heterocycles. The van der Waals surface area contributed by atoms with Crippen molar-refractivity contribution in [1.29, 1.82) is 0 Å². The fraction of sp³-hybridized carbons (Fsp3) is 0.316. The van der Waals surface area contributed by atoms with Crippen LogP contribution in [0.15, 0.2) is 46.9 Å². The number of hydrogen-bond acceptors (Lipinski definition) is 3. The van der Waals surface area contributed by atoms with Crippen molar-refractivity contribution in [2.45, 2.75) is 33.3 Å². The molecule has 1 amide bonds. The first-order valence-electron chi connectivity index (χ1n) is 8.02. The van der Waals surface area contributed by atoms with Gasteiger partial charge in [0, 0.05) is 4.47 Å². The number of ether oxygens (including phenoxy) is 2. The van der Waals surface area contributed by atoms with E-state index in [1.807, 2.05) is 37.3 Å². The van der Waals surface area contributed by atoms with Crippen LogP contribution in [0.2, 0.25) is 0 Å². The van der Waals surface area contributed by atoms with E-state index in [4.69, 9.17) is 9.47 Å². The van der Waals surface area contributed by atoms with Gasteiger partial charge in [-0.25, -0.2) is 0 Å². The molecule has 2 aromatic carbocycles. The Labute approximate surface area is 151 Å². The minimum Gasteiger partial charge on any atom is -0.494 e. The number of carbonyl (C=O) groups excluding carboxylic acids is 1. The summed E-state index contributed by atoms with van der Waals surface area (Å²) in [4.78, 5) is 12.3. The average Bonchev–Trinajstić information content (AvgIpc) is 2.58. The van der Waals surface area contributed by atoms with Gasteiger partial charge in [-0.2, -0.15) is 0 Å². The van der Waals surface area contributed by atoms with Crippen molar-refractivity contribution < 1.29 is 14.3 Å². The van der Waals surface area contributed by atoms with Crippen LogP contribution in [0.5, 0.6) is 11.5 Å². The molecule has 128 valence electrons. The third-order valence-electron chi connectivity index (χ3n) is 3.52. The largest absolute Gasteiger partial charge is 0.494 e. The number of hydrogen-bond donors (Lipinski definition) is 1. The van der Waals surface area contributed by atoms with Crippen LogP contribution in [0.25, 0.3) is 0 Å². The molecule has 0 aliphatic carbocycles. The standard InChI is InChI=1S/C19H22BrNO3/c1-4-14-6-11-18(17(20)12-14)21-19(22)13(3)24-16-9-7-15(8-10-16)23-5-2/h6-13H,4-5H2,1-3H3,(H,21,22). The molecule has 0 fully saturated rings. The summed E-state index contributed by atoms with van der Waals surface area (Å²) in [5.41, 5.74) is 1.94. The van der Waals surface area contributed by atoms with Crippen molar-refractivity contribution in [1.82, 2.24) is 0 Å². The predicted molar refractivity (Wildman–Crippen MR) is 99.9 cm³/mol. The number of benzene rings is 2. The fourth-order valence-electron chi connectivity index (χ4n) is 2.15. The lowest BCUT2D eigenvalue weighted by molar-refractivity contribution is -0.122. The maximum absolute atomic E-state index is 12.3. The number of aryl methyl sites for hydroxylation is 1. The van der Waals surface area contributed by atoms with Crippen molar-refractivity contribution in [3.05, 3.63) is 52.5 Å². The van der Waals surface area contributed by atoms with Crippen molar-refractivity contribution >= 4 is 27.5 Å². The van der Waals surface area contributed by atoms with Gasteiger partial charge in [-0.1, -0.05) is 13.0 Å². The Morgan fingerprint density at radius 1 is 1.12 bits per heavy atom. The van der Waals surface area contributed by atoms with Gasteiger partial charge in [-0.05, 0) is 78.2 Å². The van der Waals surface area contributed by atoms with Crippen LogP contribution in [0.1, 0.15) is 26.3 Å². The second-order valence-electron chi connectivity index (χ2n) is 5.32. The molecule has 5 heteroatoms. The highest BCUT2D eigenvalue weighted by molar-refractivity contribution is 9.10. The Hall–Kier alpha value is -2.01. The molecule has 0 aliphatic heterocycles. The van der Waals surface area contributed by atoms with E-state index in [2.05, 4.69) is 28.2 Å². The van der Waals surface area contributed by atoms with Gasteiger partial charge < -0.3 is 14.8 Å². The Kier molecular flexibility index (Phi) is 6.67. The van der Waals surface area contributed by atoms with Gasteiger partial charge in [0.2, 0.25) is 0 Å². The normalized spacial score (nSPS) is 11.7. The molecule has 0 heterocycles. The van der Waals surface area contributed by atoms with Gasteiger partial charge >= 0.3 is 0 Å². The van der Waals surface area contributed by atoms with Gasteiger partial charge in [-0.3, -0.25) is 4.79 Å². The summed E-state index contributed by atoms with van der Waals surface area (Å²) in [6.45, 7) is 6.36. The number of rotatable bonds is 7. The van der Waals surface area contributed by atoms with Gasteiger partial charge in [0.15, 0.2) is 6.10 Å². The molecule has 4 nitrogen and oxygen atoms in total. The lowest BCUT2D eigenvalue weighted by Gasteiger charge is -2.16. The van der Waals surface area contributed by atoms with Crippen LogP contribution >= 0.6 is 15.9 Å². The number of anilines is 1. The van der Waals surface area contributed by atoms with Crippen LogP contribution in [-0.2, 0) is 11.2 Å². The first kappa shape index (κ1) is 18.3. The molecule has 1 unspecified atom stereocenters. The topological polar surface area (TPSA) is 47.6 Å². The molecule has 0 spiro atoms. The highest BCUT2D eigenvalue weighted by Gasteiger charge is 2.16. The molecular formula is C19H22BrNO3. The van der Waals surface area contributed by atoms with E-state index in [9.17, 15) is 4.79 Å². The minimum atomic E-state index is -0.610. The van der Waals surface area contributed by atoms with Crippen molar-refractivity contribution in [3.8, 4) is 11.5 Å². The molecule has 1 atom stereocenters. The summed E-state index contributed by atoms with van der Waals surface area (Å²) in [6, 6.07) is 13.1. The lowest BCUT2D eigenvalue weighted by Crippen LogP contribution is -2.30. The van der Waals surface area contributed by atoms with Gasteiger partial charge in [-0.15, -0.1) is 0 Å². The number of amides is 1. The monoisotopic (exact) mass is 391 g/mol. The smallest absolute Gasteiger partial charge is 0.265 e. The van der Waals surface area contributed by atoms with Gasteiger partial charge in [0.25, 0.3) is 5.91 Å². The molecular weight excluding hydrogens is 370 g/mol. The molecule has 0 saturated heterocycles. The summed E-state index contributed by atoms with van der Waals surface area (Å²) >= 11 is 3.49. The second kappa shape index (κ2) is 8.73. The molecule has 2 rings (SSSR count). The molecule has 0 aliphatic rings. The third-order valence-corrected chi connectivity index (χ3v) is 4.17. The maximum Gasteiger partial charge on any atom is 0.265 e. The predicted octanol–water partition coefficient (Wildman–Crippen LogP) is 4.82. The molecule has 0 saturated carbocycles. The minimum absolute atomic E-state index is 0.200. The average molecular weight is 392 g/mol. The first-order chi connectivity index (χ1) is 11.5. The SMILES string of the molecule is CCOc1ccc(OC(C)C(=O)Nc2ccc(CC)cc2Br)cc1. The molecule has 2 aromatic rings. The fourth-order valence-corrected chi connectivity index (χ4v) is 2.68. The summed E-state index contributed by atoms with van der Waals surface area (Å²) in [5.74, 6) is 1.21. The summed E-state index contributed by atoms with van der Waals surface area (Å²) in [7, 11) is 0. The Morgan fingerprint density at radius 3 is 2.38 bits per heavy atom. The summed E-state index contributed by atoms with van der Waals surface area (Å²) in [6.07, 6.45) is 0.338. The van der Waals surface area contributed by atoms with E-state index in [0.717, 1.165) is 22.3 Å². The molecule has 0 bridgehead atoms. The maximum atomic E-state index is 12.3. The summed E-state index contributed by atoms with van der Waals surface area (Å²) in [5, 5.41) is 2.88. The van der Waals surface area contributed by atoms with E-state index in [1.54, 1.807) is 19.1 Å². The summed E-state index contributed by atoms with van der Waals surface area (Å²) < 4.78 is 11.9. The van der Waals surface area contributed by atoms with Crippen molar-refractivity contribution in [3.63, 3.8) is 0 Å². The third kappa shape index (κ3) is 4.99. The van der Waals surface area contributed by atoms with E-state index >= 15 is 0 Å². The van der Waals surface area contributed by atoms with E-state index in [1.165, 1.54) is 5.56 Å². The van der Waals surface area contributed by atoms with Gasteiger partial charge in [0.1, 0.15) is 11.5 Å². The lowest BCUT2D eigenvalue weighted by atomic mass is 10.1. The van der Waals surface area contributed by atoms with Gasteiger partial charge in [0.05, 0.1) is 12.3 Å². The van der Waals surface area contributed by atoms with Crippen LogP contribution in [-0.4, -0.2) is 18.6 Å². The molecule has 24 heavy (non-hydrogen) atoms. The Bertz CT molecular complexity index is 686. The van der Waals surface area contributed by atoms with E-state index in [0.29, 0.717) is 12.4 Å². The zero-order valence-electron chi connectivity index (χ0n) is 14.1. The number of nitrogens with one attached hydrogen (secondary N) is 1. The van der Waals surface area contributed by atoms with Crippen molar-refractivity contribution in [2.75, 3.05) is 11.9 Å². The van der Waals surface area contributed by atoms with E-state index < -0.39 is 6.10 Å². The van der Waals surface area contributed by atoms with E-state index in [-0.39, 0.29) is 5.91 Å². The van der Waals surface area contributed by atoms with Crippen LogP contribution in [0.4, 0.5) is 5.69 Å². The highest BCUT2D eigenvalue weighted by Crippen LogP contribution is 2.24. The number of halogens is 1. The Balaban J connectivity index is 1.96. The van der Waals surface area contributed by atoms with Crippen molar-refractivity contribution in [2.24, 2.45) is 0 Å². The van der Waals surface area contributed by atoms with Crippen LogP contribution in [0.3, 0.4) is 0 Å². The number of carbonyl (C=O) groups is 1. The van der Waals surface area contributed by atoms with Crippen LogP contribution in [0, 0.1) is 0 Å². The van der Waals surface area contributed by atoms with Crippen LogP contribution < -0.4 is 14.8 Å². The second-order valence-corrected chi connectivity index (χ2v) is 6.18. The zero-order valence-corrected chi connectivity index (χ0v) is 15.7. The quantitative estimate of drug-likeness (QED) is 0.735. The first-order valence-corrected chi connectivity index (χ1v) is 8.81. The molecule has 0 radical (unpaired) electrons. The highest BCUT2D eigenvalue weighted by atomic mass is 79.9. The Morgan fingerprint density at radius 2 is 1.79 bits per heavy atom. The zero-order chi connectivity index (χ0) is 17.5.